The number of ether oxygens (including phenoxy) is 2. The highest BCUT2D eigenvalue weighted by molar-refractivity contribution is 5.96. The minimum Gasteiger partial charge on any atom is -0.494 e. The molecule has 1 aromatic rings. The maximum atomic E-state index is 12.0. The van der Waals surface area contributed by atoms with Gasteiger partial charge in [-0.1, -0.05) is 20.8 Å². The quantitative estimate of drug-likeness (QED) is 0.769. The van der Waals surface area contributed by atoms with Crippen molar-refractivity contribution < 1.29 is 19.1 Å². The molecule has 2 N–H and O–H groups in total. The molecule has 0 saturated carbocycles. The molecule has 6 heteroatoms. The van der Waals surface area contributed by atoms with Crippen LogP contribution in [0.15, 0.2) is 12.1 Å². The molecule has 128 valence electrons. The first-order valence-electron chi connectivity index (χ1n) is 7.76. The van der Waals surface area contributed by atoms with Crippen LogP contribution in [0.2, 0.25) is 0 Å². The Morgan fingerprint density at radius 3 is 1.87 bits per heavy atom. The number of benzene rings is 1. The van der Waals surface area contributed by atoms with E-state index in [1.165, 1.54) is 14.2 Å². The van der Waals surface area contributed by atoms with Gasteiger partial charge in [0.05, 0.1) is 25.6 Å². The number of amides is 2. The Morgan fingerprint density at radius 2 is 1.48 bits per heavy atom. The number of carbonyl (C=O) groups is 2. The number of hydrogen-bond donors (Lipinski definition) is 2. The average molecular weight is 322 g/mol. The average Bonchev–Trinajstić information content (AvgIpc) is 2.47. The minimum absolute atomic E-state index is 0.0931. The van der Waals surface area contributed by atoms with Gasteiger partial charge in [-0.25, -0.2) is 0 Å². The second-order valence-electron chi connectivity index (χ2n) is 5.70. The van der Waals surface area contributed by atoms with Crippen molar-refractivity contribution in [1.82, 2.24) is 0 Å². The fraction of sp³-hybridized carbons (Fsp3) is 0.529. The second-order valence-corrected chi connectivity index (χ2v) is 5.70. The summed E-state index contributed by atoms with van der Waals surface area (Å²) < 4.78 is 10.6. The van der Waals surface area contributed by atoms with Crippen molar-refractivity contribution in [3.05, 3.63) is 12.1 Å². The van der Waals surface area contributed by atoms with Crippen molar-refractivity contribution in [1.29, 1.82) is 0 Å². The van der Waals surface area contributed by atoms with Gasteiger partial charge in [-0.3, -0.25) is 9.59 Å². The maximum Gasteiger partial charge on any atom is 0.224 e. The zero-order valence-electron chi connectivity index (χ0n) is 14.5. The van der Waals surface area contributed by atoms with E-state index in [9.17, 15) is 9.59 Å². The van der Waals surface area contributed by atoms with E-state index in [1.807, 2.05) is 20.8 Å². The highest BCUT2D eigenvalue weighted by Crippen LogP contribution is 2.36. The van der Waals surface area contributed by atoms with E-state index in [1.54, 1.807) is 12.1 Å². The van der Waals surface area contributed by atoms with Crippen LogP contribution in [-0.4, -0.2) is 26.0 Å². The minimum atomic E-state index is -0.0943. The molecule has 0 fully saturated rings. The Hall–Kier alpha value is -2.24. The van der Waals surface area contributed by atoms with E-state index in [2.05, 4.69) is 10.6 Å². The Labute approximate surface area is 137 Å². The third kappa shape index (κ3) is 5.81. The first-order valence-corrected chi connectivity index (χ1v) is 7.76. The zero-order chi connectivity index (χ0) is 17.4. The Bertz CT molecular complexity index is 556. The SMILES string of the molecule is CCCC(=O)Nc1cc(OC)c(NC(=O)CC(C)C)cc1OC. The molecule has 0 unspecified atom stereocenters. The lowest BCUT2D eigenvalue weighted by atomic mass is 10.1. The van der Waals surface area contributed by atoms with Gasteiger partial charge in [0, 0.05) is 25.0 Å². The summed E-state index contributed by atoms with van der Waals surface area (Å²) in [5.41, 5.74) is 1.04. The van der Waals surface area contributed by atoms with Gasteiger partial charge in [-0.05, 0) is 12.3 Å². The molecule has 0 saturated heterocycles. The van der Waals surface area contributed by atoms with E-state index in [-0.39, 0.29) is 17.7 Å². The number of anilines is 2. The molecule has 0 atom stereocenters. The normalized spacial score (nSPS) is 10.3. The lowest BCUT2D eigenvalue weighted by Gasteiger charge is -2.16. The molecule has 0 aliphatic carbocycles. The van der Waals surface area contributed by atoms with Crippen LogP contribution in [0.5, 0.6) is 11.5 Å². The lowest BCUT2D eigenvalue weighted by molar-refractivity contribution is -0.117. The molecule has 0 aliphatic heterocycles. The van der Waals surface area contributed by atoms with Crippen LogP contribution in [0.4, 0.5) is 11.4 Å². The molecular formula is C17H26N2O4. The largest absolute Gasteiger partial charge is 0.494 e. The summed E-state index contributed by atoms with van der Waals surface area (Å²) in [5, 5.41) is 5.61. The fourth-order valence-electron chi connectivity index (χ4n) is 2.10. The summed E-state index contributed by atoms with van der Waals surface area (Å²) in [6.07, 6.45) is 1.60. The predicted octanol–water partition coefficient (Wildman–Crippen LogP) is 3.43. The smallest absolute Gasteiger partial charge is 0.224 e. The van der Waals surface area contributed by atoms with Gasteiger partial charge in [0.1, 0.15) is 11.5 Å². The molecule has 0 bridgehead atoms. The van der Waals surface area contributed by atoms with Crippen LogP contribution in [0.1, 0.15) is 40.0 Å². The highest BCUT2D eigenvalue weighted by atomic mass is 16.5. The number of nitrogens with one attached hydrogen (secondary N) is 2. The molecule has 0 spiro atoms. The summed E-state index contributed by atoms with van der Waals surface area (Å²) in [4.78, 5) is 23.7. The second kappa shape index (κ2) is 9.02. The summed E-state index contributed by atoms with van der Waals surface area (Å²) in [6.45, 7) is 5.89. The van der Waals surface area contributed by atoms with Crippen molar-refractivity contribution in [2.45, 2.75) is 40.0 Å². The molecule has 1 aromatic carbocycles. The van der Waals surface area contributed by atoms with Gasteiger partial charge in [0.25, 0.3) is 0 Å². The molecular weight excluding hydrogens is 296 g/mol. The van der Waals surface area contributed by atoms with E-state index >= 15 is 0 Å². The van der Waals surface area contributed by atoms with Gasteiger partial charge in [0.15, 0.2) is 0 Å². The third-order valence-electron chi connectivity index (χ3n) is 3.14. The topological polar surface area (TPSA) is 76.7 Å². The summed E-state index contributed by atoms with van der Waals surface area (Å²) in [7, 11) is 3.02. The van der Waals surface area contributed by atoms with Crippen LogP contribution < -0.4 is 20.1 Å². The van der Waals surface area contributed by atoms with E-state index < -0.39 is 0 Å². The summed E-state index contributed by atoms with van der Waals surface area (Å²) in [5.74, 6) is 1.01. The number of rotatable bonds is 8. The van der Waals surface area contributed by atoms with E-state index in [0.717, 1.165) is 6.42 Å². The van der Waals surface area contributed by atoms with Gasteiger partial charge < -0.3 is 20.1 Å². The monoisotopic (exact) mass is 322 g/mol. The highest BCUT2D eigenvalue weighted by Gasteiger charge is 2.15. The Morgan fingerprint density at radius 1 is 1.00 bits per heavy atom. The van der Waals surface area contributed by atoms with Gasteiger partial charge in [-0.2, -0.15) is 0 Å². The van der Waals surface area contributed by atoms with Crippen LogP contribution in [0, 0.1) is 5.92 Å². The van der Waals surface area contributed by atoms with Gasteiger partial charge in [0.2, 0.25) is 11.8 Å². The molecule has 23 heavy (non-hydrogen) atoms. The van der Waals surface area contributed by atoms with Crippen molar-refractivity contribution in [3.63, 3.8) is 0 Å². The molecule has 6 nitrogen and oxygen atoms in total. The van der Waals surface area contributed by atoms with Crippen molar-refractivity contribution >= 4 is 23.2 Å². The molecule has 0 heterocycles. The molecule has 0 aliphatic rings. The molecule has 2 amide bonds. The van der Waals surface area contributed by atoms with E-state index in [0.29, 0.717) is 35.7 Å². The first-order chi connectivity index (χ1) is 10.9. The van der Waals surface area contributed by atoms with Gasteiger partial charge in [-0.15, -0.1) is 0 Å². The van der Waals surface area contributed by atoms with Crippen LogP contribution in [0.3, 0.4) is 0 Å². The van der Waals surface area contributed by atoms with Crippen LogP contribution >= 0.6 is 0 Å². The molecule has 0 radical (unpaired) electrons. The van der Waals surface area contributed by atoms with Crippen molar-refractivity contribution in [3.8, 4) is 11.5 Å². The van der Waals surface area contributed by atoms with Gasteiger partial charge >= 0.3 is 0 Å². The van der Waals surface area contributed by atoms with Crippen LogP contribution in [-0.2, 0) is 9.59 Å². The van der Waals surface area contributed by atoms with E-state index in [4.69, 9.17) is 9.47 Å². The lowest BCUT2D eigenvalue weighted by Crippen LogP contribution is -2.15. The fourth-order valence-corrected chi connectivity index (χ4v) is 2.10. The molecule has 1 rings (SSSR count). The Kier molecular flexibility index (Phi) is 7.38. The van der Waals surface area contributed by atoms with Crippen molar-refractivity contribution in [2.24, 2.45) is 5.92 Å². The maximum absolute atomic E-state index is 12.0. The van der Waals surface area contributed by atoms with Crippen LogP contribution in [0.25, 0.3) is 0 Å². The summed E-state index contributed by atoms with van der Waals surface area (Å²) in [6, 6.07) is 3.30. The Balaban J connectivity index is 3.04. The first kappa shape index (κ1) is 18.8. The molecule has 0 aromatic heterocycles. The third-order valence-corrected chi connectivity index (χ3v) is 3.14. The standard InChI is InChI=1S/C17H26N2O4/c1-6-7-16(20)18-12-9-15(23-5)13(10-14(12)22-4)19-17(21)8-11(2)3/h9-11H,6-8H2,1-5H3,(H,18,20)(H,19,21). The number of hydrogen-bond acceptors (Lipinski definition) is 4. The van der Waals surface area contributed by atoms with Crippen molar-refractivity contribution in [2.75, 3.05) is 24.9 Å². The predicted molar refractivity (Wildman–Crippen MR) is 91.2 cm³/mol. The zero-order valence-corrected chi connectivity index (χ0v) is 14.5. The number of carbonyl (C=O) groups excluding carboxylic acids is 2. The number of methoxy groups -OCH3 is 2. The summed E-state index contributed by atoms with van der Waals surface area (Å²) >= 11 is 0.